The molecular weight excluding hydrogens is 372 g/mol. The Hall–Kier alpha value is -3.26. The lowest BCUT2D eigenvalue weighted by atomic mass is 10.1. The first kappa shape index (κ1) is 22.0. The number of likely N-dealkylation sites (N-methyl/N-ethyl adjacent to an activating group) is 1. The van der Waals surface area contributed by atoms with E-state index in [9.17, 15) is 19.7 Å². The quantitative estimate of drug-likeness (QED) is 0.489. The lowest BCUT2D eigenvalue weighted by Gasteiger charge is -2.21. The number of para-hydroxylation sites is 2. The predicted octanol–water partition coefficient (Wildman–Crippen LogP) is 2.00. The first-order valence-corrected chi connectivity index (χ1v) is 9.34. The van der Waals surface area contributed by atoms with E-state index in [-0.39, 0.29) is 23.8 Å². The second kappa shape index (κ2) is 9.29. The van der Waals surface area contributed by atoms with Gasteiger partial charge in [0, 0.05) is 11.8 Å². The number of nitro groups is 1. The van der Waals surface area contributed by atoms with Crippen molar-refractivity contribution in [3.63, 3.8) is 0 Å². The van der Waals surface area contributed by atoms with Crippen LogP contribution >= 0.6 is 0 Å². The first-order chi connectivity index (χ1) is 13.6. The standard InChI is InChI=1S/C21H26N4O4/c1-13-10-14(2)20(15(3)11-13)23-19(26)12-24(5)16(4)21(27)22-17-8-6-7-9-18(17)25(28)29/h6-11,16H,12H2,1-5H3,(H,22,27)(H,23,26)/p+1/t16-/m1/s1. The average molecular weight is 399 g/mol. The normalized spacial score (nSPS) is 12.7. The van der Waals surface area contributed by atoms with E-state index in [1.54, 1.807) is 20.0 Å². The van der Waals surface area contributed by atoms with E-state index in [2.05, 4.69) is 10.6 Å². The monoisotopic (exact) mass is 399 g/mol. The van der Waals surface area contributed by atoms with Crippen molar-refractivity contribution in [3.8, 4) is 0 Å². The van der Waals surface area contributed by atoms with Crippen LogP contribution in [-0.4, -0.2) is 36.4 Å². The number of anilines is 2. The van der Waals surface area contributed by atoms with E-state index in [4.69, 9.17) is 0 Å². The van der Waals surface area contributed by atoms with Crippen LogP contribution in [0.1, 0.15) is 23.6 Å². The molecule has 0 bridgehead atoms. The van der Waals surface area contributed by atoms with E-state index in [1.807, 2.05) is 32.9 Å². The summed E-state index contributed by atoms with van der Waals surface area (Å²) in [4.78, 5) is 36.2. The maximum atomic E-state index is 12.5. The average Bonchev–Trinajstić information content (AvgIpc) is 2.64. The molecule has 29 heavy (non-hydrogen) atoms. The van der Waals surface area contributed by atoms with Gasteiger partial charge in [0.15, 0.2) is 12.6 Å². The van der Waals surface area contributed by atoms with Gasteiger partial charge in [-0.2, -0.15) is 0 Å². The minimum atomic E-state index is -0.583. The third kappa shape index (κ3) is 5.61. The fourth-order valence-electron chi connectivity index (χ4n) is 3.17. The molecule has 0 radical (unpaired) electrons. The number of carbonyl (C=O) groups is 2. The summed E-state index contributed by atoms with van der Waals surface area (Å²) in [5, 5.41) is 16.6. The van der Waals surface area contributed by atoms with E-state index >= 15 is 0 Å². The highest BCUT2D eigenvalue weighted by Gasteiger charge is 2.26. The van der Waals surface area contributed by atoms with Gasteiger partial charge in [-0.1, -0.05) is 29.8 Å². The van der Waals surface area contributed by atoms with E-state index in [1.165, 1.54) is 18.2 Å². The molecule has 0 aliphatic rings. The van der Waals surface area contributed by atoms with Gasteiger partial charge in [-0.3, -0.25) is 19.7 Å². The molecule has 0 aromatic heterocycles. The maximum absolute atomic E-state index is 12.5. The lowest BCUT2D eigenvalue weighted by molar-refractivity contribution is -0.885. The van der Waals surface area contributed by atoms with E-state index in [0.29, 0.717) is 4.90 Å². The Morgan fingerprint density at radius 2 is 1.69 bits per heavy atom. The zero-order chi connectivity index (χ0) is 21.7. The summed E-state index contributed by atoms with van der Waals surface area (Å²) in [6, 6.07) is 9.38. The molecule has 154 valence electrons. The molecule has 0 aliphatic carbocycles. The molecule has 2 aromatic rings. The van der Waals surface area contributed by atoms with Gasteiger partial charge in [0.05, 0.1) is 12.0 Å². The fourth-order valence-corrected chi connectivity index (χ4v) is 3.17. The lowest BCUT2D eigenvalue weighted by Crippen LogP contribution is -3.14. The highest BCUT2D eigenvalue weighted by Crippen LogP contribution is 2.23. The fraction of sp³-hybridized carbons (Fsp3) is 0.333. The van der Waals surface area contributed by atoms with Gasteiger partial charge in [-0.05, 0) is 44.9 Å². The predicted molar refractivity (Wildman–Crippen MR) is 112 cm³/mol. The molecule has 0 saturated heterocycles. The van der Waals surface area contributed by atoms with Crippen molar-refractivity contribution in [2.45, 2.75) is 33.7 Å². The summed E-state index contributed by atoms with van der Waals surface area (Å²) in [5.74, 6) is -0.602. The Morgan fingerprint density at radius 3 is 2.28 bits per heavy atom. The van der Waals surface area contributed by atoms with Crippen molar-refractivity contribution < 1.29 is 19.4 Å². The van der Waals surface area contributed by atoms with Gasteiger partial charge < -0.3 is 15.5 Å². The van der Waals surface area contributed by atoms with Crippen LogP contribution in [0.15, 0.2) is 36.4 Å². The molecule has 8 nitrogen and oxygen atoms in total. The molecule has 2 amide bonds. The number of nitrogens with zero attached hydrogens (tertiary/aromatic N) is 1. The van der Waals surface area contributed by atoms with Crippen molar-refractivity contribution in [2.24, 2.45) is 0 Å². The van der Waals surface area contributed by atoms with E-state index < -0.39 is 16.9 Å². The largest absolute Gasteiger partial charge is 0.321 e. The van der Waals surface area contributed by atoms with Crippen molar-refractivity contribution in [2.75, 3.05) is 24.2 Å². The number of hydrogen-bond donors (Lipinski definition) is 3. The first-order valence-electron chi connectivity index (χ1n) is 9.34. The molecule has 0 aliphatic heterocycles. The van der Waals surface area contributed by atoms with Crippen LogP contribution in [0.25, 0.3) is 0 Å². The summed E-state index contributed by atoms with van der Waals surface area (Å²) in [6.45, 7) is 7.64. The molecule has 8 heteroatoms. The van der Waals surface area contributed by atoms with E-state index in [0.717, 1.165) is 22.4 Å². The summed E-state index contributed by atoms with van der Waals surface area (Å²) in [6.07, 6.45) is 0. The van der Waals surface area contributed by atoms with Gasteiger partial charge in [0.1, 0.15) is 5.69 Å². The summed E-state index contributed by atoms with van der Waals surface area (Å²) in [5.41, 5.74) is 3.84. The number of hydrogen-bond acceptors (Lipinski definition) is 4. The number of rotatable bonds is 7. The molecule has 0 fully saturated rings. The number of nitro benzene ring substituents is 1. The van der Waals surface area contributed by atoms with Crippen LogP contribution in [0.5, 0.6) is 0 Å². The zero-order valence-corrected chi connectivity index (χ0v) is 17.3. The van der Waals surface area contributed by atoms with Crippen molar-refractivity contribution in [1.29, 1.82) is 0 Å². The van der Waals surface area contributed by atoms with Crippen LogP contribution in [0.2, 0.25) is 0 Å². The van der Waals surface area contributed by atoms with Crippen LogP contribution in [-0.2, 0) is 9.59 Å². The van der Waals surface area contributed by atoms with Gasteiger partial charge in [0.25, 0.3) is 17.5 Å². The summed E-state index contributed by atoms with van der Waals surface area (Å²) < 4.78 is 0. The van der Waals surface area contributed by atoms with Crippen LogP contribution in [0, 0.1) is 30.9 Å². The molecule has 1 unspecified atom stereocenters. The van der Waals surface area contributed by atoms with Gasteiger partial charge in [0.2, 0.25) is 0 Å². The van der Waals surface area contributed by atoms with Gasteiger partial charge in [-0.15, -0.1) is 0 Å². The summed E-state index contributed by atoms with van der Waals surface area (Å²) in [7, 11) is 1.73. The maximum Gasteiger partial charge on any atom is 0.292 e. The smallest absolute Gasteiger partial charge is 0.292 e. The number of benzene rings is 2. The number of quaternary nitrogens is 1. The molecule has 0 saturated carbocycles. The molecule has 0 spiro atoms. The van der Waals surface area contributed by atoms with Crippen LogP contribution < -0.4 is 15.5 Å². The van der Waals surface area contributed by atoms with Crippen LogP contribution in [0.4, 0.5) is 17.1 Å². The summed E-state index contributed by atoms with van der Waals surface area (Å²) >= 11 is 0. The molecular formula is C21H27N4O4+. The second-order valence-electron chi connectivity index (χ2n) is 7.33. The molecule has 2 atom stereocenters. The third-order valence-electron chi connectivity index (χ3n) is 4.87. The molecule has 0 heterocycles. The Morgan fingerprint density at radius 1 is 1.10 bits per heavy atom. The SMILES string of the molecule is Cc1cc(C)c(NC(=O)C[NH+](C)[C@H](C)C(=O)Nc2ccccc2[N+](=O)[O-])c(C)c1. The second-order valence-corrected chi connectivity index (χ2v) is 7.33. The van der Waals surface area contributed by atoms with Crippen molar-refractivity contribution in [1.82, 2.24) is 0 Å². The molecule has 3 N–H and O–H groups in total. The Labute approximate surface area is 170 Å². The van der Waals surface area contributed by atoms with Crippen LogP contribution in [0.3, 0.4) is 0 Å². The van der Waals surface area contributed by atoms with Gasteiger partial charge >= 0.3 is 0 Å². The van der Waals surface area contributed by atoms with Gasteiger partial charge in [-0.25, -0.2) is 0 Å². The Balaban J connectivity index is 2.01. The Kier molecular flexibility index (Phi) is 7.06. The highest BCUT2D eigenvalue weighted by atomic mass is 16.6. The number of aryl methyl sites for hydroxylation is 3. The number of carbonyl (C=O) groups excluding carboxylic acids is 2. The molecule has 2 rings (SSSR count). The topological polar surface area (TPSA) is 106 Å². The van der Waals surface area contributed by atoms with Crippen molar-refractivity contribution >= 4 is 28.9 Å². The van der Waals surface area contributed by atoms with Crippen molar-refractivity contribution in [3.05, 3.63) is 63.2 Å². The zero-order valence-electron chi connectivity index (χ0n) is 17.3. The third-order valence-corrected chi connectivity index (χ3v) is 4.87. The highest BCUT2D eigenvalue weighted by molar-refractivity contribution is 5.96. The minimum absolute atomic E-state index is 0.0816. The number of nitrogens with one attached hydrogen (secondary N) is 3. The Bertz CT molecular complexity index is 919. The number of amides is 2. The minimum Gasteiger partial charge on any atom is -0.321 e. The molecule has 2 aromatic carbocycles.